The Morgan fingerprint density at radius 3 is 2.89 bits per heavy atom. The largest absolute Gasteiger partial charge is 0.469 e. The summed E-state index contributed by atoms with van der Waals surface area (Å²) in [6.45, 7) is 5.46. The van der Waals surface area contributed by atoms with Crippen molar-refractivity contribution in [3.63, 3.8) is 0 Å². The van der Waals surface area contributed by atoms with Gasteiger partial charge in [-0.05, 0) is 26.7 Å². The van der Waals surface area contributed by atoms with Crippen LogP contribution >= 0.6 is 0 Å². The summed E-state index contributed by atoms with van der Waals surface area (Å²) in [6.07, 6.45) is 1.88. The second kappa shape index (κ2) is 5.33. The molecule has 0 N–H and O–H groups in total. The van der Waals surface area contributed by atoms with Crippen LogP contribution in [0.2, 0.25) is 0 Å². The van der Waals surface area contributed by atoms with Gasteiger partial charge < -0.3 is 9.64 Å². The fourth-order valence-corrected chi connectivity index (χ4v) is 2.40. The van der Waals surface area contributed by atoms with Gasteiger partial charge >= 0.3 is 5.97 Å². The molecular formula is C13H19N3O2. The normalized spacial score (nSPS) is 19.7. The van der Waals surface area contributed by atoms with Crippen LogP contribution < -0.4 is 4.90 Å². The first kappa shape index (κ1) is 12.8. The number of anilines is 1. The summed E-state index contributed by atoms with van der Waals surface area (Å²) in [5.74, 6) is 1.51. The first-order valence-electron chi connectivity index (χ1n) is 6.25. The maximum Gasteiger partial charge on any atom is 0.310 e. The van der Waals surface area contributed by atoms with Gasteiger partial charge in [-0.15, -0.1) is 0 Å². The summed E-state index contributed by atoms with van der Waals surface area (Å²) in [5, 5.41) is 0. The van der Waals surface area contributed by atoms with Crippen molar-refractivity contribution in [3.05, 3.63) is 17.6 Å². The SMILES string of the molecule is COC(=O)C1CCCN(c2cc(C)nc(C)n2)C1. The number of ether oxygens (including phenoxy) is 1. The lowest BCUT2D eigenvalue weighted by molar-refractivity contribution is -0.145. The van der Waals surface area contributed by atoms with Gasteiger partial charge in [0, 0.05) is 24.8 Å². The minimum absolute atomic E-state index is 0.0423. The molecule has 0 saturated carbocycles. The Labute approximate surface area is 107 Å². The summed E-state index contributed by atoms with van der Waals surface area (Å²) >= 11 is 0. The molecule has 1 aromatic heterocycles. The molecule has 1 aliphatic heterocycles. The predicted octanol–water partition coefficient (Wildman–Crippen LogP) is 1.48. The van der Waals surface area contributed by atoms with E-state index in [2.05, 4.69) is 14.9 Å². The van der Waals surface area contributed by atoms with E-state index in [0.717, 1.165) is 36.7 Å². The number of rotatable bonds is 2. The second-order valence-electron chi connectivity index (χ2n) is 4.72. The van der Waals surface area contributed by atoms with Crippen LogP contribution in [0.3, 0.4) is 0 Å². The standard InChI is InChI=1S/C13H19N3O2/c1-9-7-12(15-10(2)14-9)16-6-4-5-11(8-16)13(17)18-3/h7,11H,4-6,8H2,1-3H3. The molecule has 0 spiro atoms. The lowest BCUT2D eigenvalue weighted by atomic mass is 9.98. The van der Waals surface area contributed by atoms with Crippen molar-refractivity contribution in [2.45, 2.75) is 26.7 Å². The van der Waals surface area contributed by atoms with E-state index in [-0.39, 0.29) is 11.9 Å². The molecule has 98 valence electrons. The minimum atomic E-state index is -0.123. The topological polar surface area (TPSA) is 55.3 Å². The fourth-order valence-electron chi connectivity index (χ4n) is 2.40. The molecule has 0 aliphatic carbocycles. The number of methoxy groups -OCH3 is 1. The lowest BCUT2D eigenvalue weighted by Gasteiger charge is -2.32. The maximum atomic E-state index is 11.6. The Morgan fingerprint density at radius 1 is 1.44 bits per heavy atom. The number of aryl methyl sites for hydroxylation is 2. The smallest absolute Gasteiger partial charge is 0.310 e. The van der Waals surface area contributed by atoms with Crippen LogP contribution in [-0.4, -0.2) is 36.1 Å². The molecule has 1 atom stereocenters. The molecule has 0 bridgehead atoms. The highest BCUT2D eigenvalue weighted by Gasteiger charge is 2.27. The lowest BCUT2D eigenvalue weighted by Crippen LogP contribution is -2.39. The van der Waals surface area contributed by atoms with Gasteiger partial charge in [-0.25, -0.2) is 9.97 Å². The molecule has 2 heterocycles. The van der Waals surface area contributed by atoms with Gasteiger partial charge in [-0.3, -0.25) is 4.79 Å². The monoisotopic (exact) mass is 249 g/mol. The van der Waals surface area contributed by atoms with Crippen molar-refractivity contribution >= 4 is 11.8 Å². The minimum Gasteiger partial charge on any atom is -0.469 e. The van der Waals surface area contributed by atoms with Crippen LogP contribution in [0.4, 0.5) is 5.82 Å². The van der Waals surface area contributed by atoms with Crippen molar-refractivity contribution in [1.82, 2.24) is 9.97 Å². The summed E-state index contributed by atoms with van der Waals surface area (Å²) in [4.78, 5) is 22.5. The molecule has 5 nitrogen and oxygen atoms in total. The molecule has 0 radical (unpaired) electrons. The molecule has 1 unspecified atom stereocenters. The van der Waals surface area contributed by atoms with Gasteiger partial charge in [-0.2, -0.15) is 0 Å². The van der Waals surface area contributed by atoms with Crippen LogP contribution in [0, 0.1) is 19.8 Å². The number of hydrogen-bond acceptors (Lipinski definition) is 5. The highest BCUT2D eigenvalue weighted by molar-refractivity contribution is 5.73. The first-order chi connectivity index (χ1) is 8.60. The summed E-state index contributed by atoms with van der Waals surface area (Å²) in [7, 11) is 1.44. The second-order valence-corrected chi connectivity index (χ2v) is 4.72. The Bertz CT molecular complexity index is 428. The predicted molar refractivity (Wildman–Crippen MR) is 68.5 cm³/mol. The van der Waals surface area contributed by atoms with Gasteiger partial charge in [0.05, 0.1) is 13.0 Å². The number of nitrogens with zero attached hydrogens (tertiary/aromatic N) is 3. The molecule has 1 fully saturated rings. The van der Waals surface area contributed by atoms with Gasteiger partial charge in [0.2, 0.25) is 0 Å². The molecule has 2 rings (SSSR count). The maximum absolute atomic E-state index is 11.6. The van der Waals surface area contributed by atoms with Crippen molar-refractivity contribution in [2.24, 2.45) is 5.92 Å². The number of esters is 1. The van der Waals surface area contributed by atoms with Crippen molar-refractivity contribution in [3.8, 4) is 0 Å². The third kappa shape index (κ3) is 2.78. The van der Waals surface area contributed by atoms with Crippen LogP contribution in [0.15, 0.2) is 6.07 Å². The number of carbonyl (C=O) groups excluding carboxylic acids is 1. The van der Waals surface area contributed by atoms with Gasteiger partial charge in [0.1, 0.15) is 11.6 Å². The van der Waals surface area contributed by atoms with Crippen LogP contribution in [0.5, 0.6) is 0 Å². The fraction of sp³-hybridized carbons (Fsp3) is 0.615. The van der Waals surface area contributed by atoms with Crippen molar-refractivity contribution < 1.29 is 9.53 Å². The van der Waals surface area contributed by atoms with E-state index in [1.54, 1.807) is 0 Å². The van der Waals surface area contributed by atoms with Crippen molar-refractivity contribution in [2.75, 3.05) is 25.1 Å². The highest BCUT2D eigenvalue weighted by Crippen LogP contribution is 2.22. The number of piperidine rings is 1. The van der Waals surface area contributed by atoms with E-state index in [0.29, 0.717) is 6.54 Å². The average Bonchev–Trinajstić information content (AvgIpc) is 2.37. The first-order valence-corrected chi connectivity index (χ1v) is 6.25. The molecule has 0 aromatic carbocycles. The molecule has 0 amide bonds. The van der Waals surface area contributed by atoms with Crippen molar-refractivity contribution in [1.29, 1.82) is 0 Å². The summed E-state index contributed by atoms with van der Waals surface area (Å²) in [5.41, 5.74) is 0.956. The number of carbonyl (C=O) groups is 1. The highest BCUT2D eigenvalue weighted by atomic mass is 16.5. The van der Waals surface area contributed by atoms with E-state index in [9.17, 15) is 4.79 Å². The van der Waals surface area contributed by atoms with Crippen LogP contribution in [-0.2, 0) is 9.53 Å². The Kier molecular flexibility index (Phi) is 3.79. The van der Waals surface area contributed by atoms with Gasteiger partial charge in [0.15, 0.2) is 0 Å². The van der Waals surface area contributed by atoms with Gasteiger partial charge in [0.25, 0.3) is 0 Å². The van der Waals surface area contributed by atoms with E-state index < -0.39 is 0 Å². The summed E-state index contributed by atoms with van der Waals surface area (Å²) < 4.78 is 4.82. The third-order valence-electron chi connectivity index (χ3n) is 3.23. The molecule has 1 aromatic rings. The van der Waals surface area contributed by atoms with Gasteiger partial charge in [-0.1, -0.05) is 0 Å². The molecular weight excluding hydrogens is 230 g/mol. The zero-order valence-electron chi connectivity index (χ0n) is 11.1. The molecule has 1 aliphatic rings. The van der Waals surface area contributed by atoms with E-state index in [4.69, 9.17) is 4.74 Å². The Morgan fingerprint density at radius 2 is 2.22 bits per heavy atom. The van der Waals surface area contributed by atoms with E-state index >= 15 is 0 Å². The Hall–Kier alpha value is -1.65. The zero-order chi connectivity index (χ0) is 13.1. The molecule has 5 heteroatoms. The quantitative estimate of drug-likeness (QED) is 0.743. The van der Waals surface area contributed by atoms with Crippen LogP contribution in [0.1, 0.15) is 24.4 Å². The molecule has 18 heavy (non-hydrogen) atoms. The van der Waals surface area contributed by atoms with E-state index in [1.807, 2.05) is 19.9 Å². The Balaban J connectivity index is 2.15. The molecule has 1 saturated heterocycles. The number of hydrogen-bond donors (Lipinski definition) is 0. The van der Waals surface area contributed by atoms with Crippen LogP contribution in [0.25, 0.3) is 0 Å². The zero-order valence-corrected chi connectivity index (χ0v) is 11.1. The van der Waals surface area contributed by atoms with E-state index in [1.165, 1.54) is 7.11 Å². The average molecular weight is 249 g/mol. The summed E-state index contributed by atoms with van der Waals surface area (Å²) in [6, 6.07) is 1.96. The third-order valence-corrected chi connectivity index (χ3v) is 3.23. The number of aromatic nitrogens is 2.